The van der Waals surface area contributed by atoms with Gasteiger partial charge in [-0.15, -0.1) is 0 Å². The second-order valence-electron chi connectivity index (χ2n) is 10.7. The van der Waals surface area contributed by atoms with Crippen LogP contribution < -0.4 is 17.0 Å². The van der Waals surface area contributed by atoms with E-state index in [0.29, 0.717) is 44.5 Å². The first kappa shape index (κ1) is 28.4. The van der Waals surface area contributed by atoms with E-state index in [1.54, 1.807) is 15.8 Å². The molecule has 13 heteroatoms. The molecule has 0 radical (unpaired) electrons. The van der Waals surface area contributed by atoms with Crippen molar-refractivity contribution in [2.75, 3.05) is 19.7 Å². The van der Waals surface area contributed by atoms with Crippen LogP contribution in [-0.2, 0) is 18.0 Å². The number of carbonyl (C=O) groups is 1. The molecule has 1 saturated heterocycles. The molecule has 0 atom stereocenters. The van der Waals surface area contributed by atoms with Crippen LogP contribution in [0.15, 0.2) is 22.0 Å². The number of unbranched alkanes of at least 4 members (excludes halogenated alkanes) is 1. The first-order chi connectivity index (χ1) is 17.4. The topological polar surface area (TPSA) is 161 Å². The number of nitrogen functional groups attached to an aromatic ring is 1. The number of carbonyl (C=O) groups excluding carboxylic acids is 1. The molecule has 1 aliphatic heterocycles. The van der Waals surface area contributed by atoms with Crippen LogP contribution in [0.25, 0.3) is 0 Å². The van der Waals surface area contributed by atoms with E-state index in [-0.39, 0.29) is 24.7 Å². The zero-order chi connectivity index (χ0) is 27.3. The Morgan fingerprint density at radius 3 is 2.54 bits per heavy atom. The summed E-state index contributed by atoms with van der Waals surface area (Å²) in [4.78, 5) is 40.9. The average molecular weight is 534 g/mol. The fourth-order valence-corrected chi connectivity index (χ4v) is 5.08. The summed E-state index contributed by atoms with van der Waals surface area (Å²) in [5.41, 5.74) is 4.26. The van der Waals surface area contributed by atoms with Crippen molar-refractivity contribution < 1.29 is 14.6 Å². The lowest BCUT2D eigenvalue weighted by Gasteiger charge is -2.32. The molecule has 12 nitrogen and oxygen atoms in total. The number of amides is 1. The van der Waals surface area contributed by atoms with Crippen molar-refractivity contribution in [3.63, 3.8) is 0 Å². The Morgan fingerprint density at radius 1 is 1.27 bits per heavy atom. The number of amidine groups is 1. The fourth-order valence-electron chi connectivity index (χ4n) is 4.32. The van der Waals surface area contributed by atoms with E-state index in [1.807, 2.05) is 6.92 Å². The number of aromatic hydroxyl groups is 1. The van der Waals surface area contributed by atoms with E-state index >= 15 is 0 Å². The zero-order valence-electron chi connectivity index (χ0n) is 22.2. The normalized spacial score (nSPS) is 14.8. The maximum Gasteiger partial charge on any atom is 0.334 e. The van der Waals surface area contributed by atoms with Crippen LogP contribution in [0.2, 0.25) is 25.7 Å². The van der Waals surface area contributed by atoms with Gasteiger partial charge in [-0.25, -0.2) is 9.48 Å². The summed E-state index contributed by atoms with van der Waals surface area (Å²) in [7, 11) is -1.18. The Morgan fingerprint density at radius 2 is 1.95 bits per heavy atom. The SMILES string of the molecule is CCCCn1c(O)c(C(=N)N)c(=O)n(C2CCN(C(=O)c3cnn(COCC[Si](C)(C)C)c3)CC2)c1=O. The van der Waals surface area contributed by atoms with Crippen molar-refractivity contribution in [3.05, 3.63) is 44.4 Å². The van der Waals surface area contributed by atoms with Gasteiger partial charge in [0, 0.05) is 46.6 Å². The molecular formula is C24H39N7O5Si. The first-order valence-corrected chi connectivity index (χ1v) is 16.5. The van der Waals surface area contributed by atoms with Crippen LogP contribution in [0.1, 0.15) is 54.6 Å². The van der Waals surface area contributed by atoms with Gasteiger partial charge in [0.25, 0.3) is 11.5 Å². The Labute approximate surface area is 217 Å². The molecule has 0 spiro atoms. The molecule has 2 aromatic rings. The monoisotopic (exact) mass is 533 g/mol. The molecule has 3 heterocycles. The van der Waals surface area contributed by atoms with Gasteiger partial charge in [0.2, 0.25) is 5.88 Å². The third-order valence-corrected chi connectivity index (χ3v) is 8.27. The highest BCUT2D eigenvalue weighted by molar-refractivity contribution is 6.76. The van der Waals surface area contributed by atoms with Gasteiger partial charge >= 0.3 is 5.69 Å². The minimum atomic E-state index is -1.18. The molecule has 3 rings (SSSR count). The number of piperidine rings is 1. The predicted molar refractivity (Wildman–Crippen MR) is 143 cm³/mol. The summed E-state index contributed by atoms with van der Waals surface area (Å²) in [5.74, 6) is -1.33. The molecule has 2 aromatic heterocycles. The van der Waals surface area contributed by atoms with Crippen LogP contribution in [0, 0.1) is 5.41 Å². The molecule has 37 heavy (non-hydrogen) atoms. The molecule has 0 aromatic carbocycles. The maximum atomic E-state index is 13.1. The van der Waals surface area contributed by atoms with Crippen LogP contribution >= 0.6 is 0 Å². The lowest BCUT2D eigenvalue weighted by Crippen LogP contribution is -2.48. The molecular weight excluding hydrogens is 494 g/mol. The summed E-state index contributed by atoms with van der Waals surface area (Å²) < 4.78 is 9.49. The molecule has 1 amide bonds. The molecule has 1 fully saturated rings. The number of likely N-dealkylation sites (tertiary alicyclic amines) is 1. The van der Waals surface area contributed by atoms with Crippen molar-refractivity contribution in [2.45, 2.75) is 77.6 Å². The highest BCUT2D eigenvalue weighted by atomic mass is 28.3. The summed E-state index contributed by atoms with van der Waals surface area (Å²) in [6.45, 7) is 10.6. The minimum absolute atomic E-state index is 0.172. The summed E-state index contributed by atoms with van der Waals surface area (Å²) in [5, 5.41) is 22.5. The standard InChI is InChI=1S/C24H39N7O5Si/c1-5-6-9-30-22(33)19(20(25)26)23(34)31(24(30)35)18-7-10-28(11-8-18)21(32)17-14-27-29(15-17)16-36-12-13-37(2,3)4/h14-15,18,33H,5-13,16H2,1-4H3,(H3,25,26). The van der Waals surface area contributed by atoms with Gasteiger partial charge in [0.1, 0.15) is 18.1 Å². The Kier molecular flexibility index (Phi) is 9.13. The predicted octanol–water partition coefficient (Wildman–Crippen LogP) is 1.79. The van der Waals surface area contributed by atoms with Gasteiger partial charge in [-0.2, -0.15) is 5.10 Å². The van der Waals surface area contributed by atoms with Gasteiger partial charge in [-0.3, -0.25) is 24.1 Å². The van der Waals surface area contributed by atoms with E-state index in [2.05, 4.69) is 24.7 Å². The Hall–Kier alpha value is -3.19. The number of nitrogens with one attached hydrogen (secondary N) is 1. The highest BCUT2D eigenvalue weighted by Gasteiger charge is 2.30. The van der Waals surface area contributed by atoms with Gasteiger partial charge in [0.15, 0.2) is 0 Å². The summed E-state index contributed by atoms with van der Waals surface area (Å²) in [6.07, 6.45) is 5.34. The number of rotatable bonds is 11. The second kappa shape index (κ2) is 11.9. The molecule has 0 saturated carbocycles. The lowest BCUT2D eigenvalue weighted by atomic mass is 10.0. The summed E-state index contributed by atoms with van der Waals surface area (Å²) in [6, 6.07) is 0.578. The van der Waals surface area contributed by atoms with Crippen molar-refractivity contribution in [2.24, 2.45) is 5.73 Å². The van der Waals surface area contributed by atoms with Crippen LogP contribution in [0.4, 0.5) is 0 Å². The van der Waals surface area contributed by atoms with Gasteiger partial charge in [-0.1, -0.05) is 33.0 Å². The number of ether oxygens (including phenoxy) is 1. The van der Waals surface area contributed by atoms with Crippen molar-refractivity contribution in [1.29, 1.82) is 5.41 Å². The van der Waals surface area contributed by atoms with Gasteiger partial charge < -0.3 is 20.5 Å². The van der Waals surface area contributed by atoms with Crippen molar-refractivity contribution >= 4 is 19.8 Å². The van der Waals surface area contributed by atoms with Crippen LogP contribution in [-0.4, -0.2) is 68.4 Å². The number of hydrogen-bond donors (Lipinski definition) is 3. The van der Waals surface area contributed by atoms with E-state index < -0.39 is 37.1 Å². The van der Waals surface area contributed by atoms with E-state index in [1.165, 1.54) is 6.20 Å². The third-order valence-electron chi connectivity index (χ3n) is 6.57. The molecule has 0 aliphatic carbocycles. The molecule has 1 aliphatic rings. The van der Waals surface area contributed by atoms with Crippen molar-refractivity contribution in [1.82, 2.24) is 23.8 Å². The van der Waals surface area contributed by atoms with E-state index in [0.717, 1.165) is 21.6 Å². The zero-order valence-corrected chi connectivity index (χ0v) is 23.2. The van der Waals surface area contributed by atoms with E-state index in [9.17, 15) is 19.5 Å². The van der Waals surface area contributed by atoms with E-state index in [4.69, 9.17) is 15.9 Å². The maximum absolute atomic E-state index is 13.1. The van der Waals surface area contributed by atoms with Gasteiger partial charge in [0.05, 0.1) is 11.8 Å². The Bertz CT molecular complexity index is 1240. The third kappa shape index (κ3) is 6.77. The average Bonchev–Trinajstić information content (AvgIpc) is 3.30. The number of nitrogens with zero attached hydrogens (tertiary/aromatic N) is 5. The Balaban J connectivity index is 1.69. The molecule has 204 valence electrons. The van der Waals surface area contributed by atoms with Crippen LogP contribution in [0.3, 0.4) is 0 Å². The largest absolute Gasteiger partial charge is 0.494 e. The number of aromatic nitrogens is 4. The van der Waals surface area contributed by atoms with Crippen molar-refractivity contribution in [3.8, 4) is 5.88 Å². The van der Waals surface area contributed by atoms with Gasteiger partial charge in [-0.05, 0) is 25.3 Å². The molecule has 4 N–H and O–H groups in total. The second-order valence-corrected chi connectivity index (χ2v) is 16.3. The molecule has 0 unspecified atom stereocenters. The number of nitrogens with two attached hydrogens (primary N) is 1. The summed E-state index contributed by atoms with van der Waals surface area (Å²) >= 11 is 0. The molecule has 0 bridgehead atoms. The van der Waals surface area contributed by atoms with Crippen LogP contribution in [0.5, 0.6) is 5.88 Å². The first-order valence-electron chi connectivity index (χ1n) is 12.8. The quantitative estimate of drug-likeness (QED) is 0.172. The fraction of sp³-hybridized carbons (Fsp3) is 0.625. The minimum Gasteiger partial charge on any atom is -0.494 e. The smallest absolute Gasteiger partial charge is 0.334 e. The lowest BCUT2D eigenvalue weighted by molar-refractivity contribution is 0.0687. The highest BCUT2D eigenvalue weighted by Crippen LogP contribution is 2.23. The number of hydrogen-bond acceptors (Lipinski definition) is 7.